The standard InChI is InChI=1S/C20H26N2/c1-15-5-7-19(13-17(15)3)21-9-11-22(12-10-21)20-8-6-16(2)18(4)14-20/h5-8,13-14H,9-12H2,1-4H3. The van der Waals surface area contributed by atoms with E-state index in [0.29, 0.717) is 0 Å². The first kappa shape index (κ1) is 15.0. The van der Waals surface area contributed by atoms with E-state index in [2.05, 4.69) is 73.9 Å². The van der Waals surface area contributed by atoms with Crippen LogP contribution in [0, 0.1) is 27.7 Å². The van der Waals surface area contributed by atoms with Crippen molar-refractivity contribution in [1.82, 2.24) is 0 Å². The monoisotopic (exact) mass is 294 g/mol. The second kappa shape index (κ2) is 6.04. The van der Waals surface area contributed by atoms with Crippen LogP contribution in [0.15, 0.2) is 36.4 Å². The molecule has 0 spiro atoms. The second-order valence-electron chi connectivity index (χ2n) is 6.51. The normalized spacial score (nSPS) is 15.3. The van der Waals surface area contributed by atoms with Crippen LogP contribution in [-0.4, -0.2) is 26.2 Å². The first-order chi connectivity index (χ1) is 10.5. The molecule has 0 amide bonds. The average molecular weight is 294 g/mol. The minimum Gasteiger partial charge on any atom is -0.368 e. The summed E-state index contributed by atoms with van der Waals surface area (Å²) in [5, 5.41) is 0. The lowest BCUT2D eigenvalue weighted by Gasteiger charge is -2.37. The minimum atomic E-state index is 1.09. The smallest absolute Gasteiger partial charge is 0.0370 e. The number of rotatable bonds is 2. The molecule has 0 aromatic heterocycles. The van der Waals surface area contributed by atoms with Crippen molar-refractivity contribution in [2.75, 3.05) is 36.0 Å². The van der Waals surface area contributed by atoms with Gasteiger partial charge in [-0.25, -0.2) is 0 Å². The molecule has 1 aliphatic heterocycles. The van der Waals surface area contributed by atoms with Gasteiger partial charge >= 0.3 is 0 Å². The highest BCUT2D eigenvalue weighted by Crippen LogP contribution is 2.24. The molecule has 0 radical (unpaired) electrons. The van der Waals surface area contributed by atoms with Gasteiger partial charge in [-0.05, 0) is 74.2 Å². The molecule has 1 aliphatic rings. The van der Waals surface area contributed by atoms with E-state index >= 15 is 0 Å². The first-order valence-corrected chi connectivity index (χ1v) is 8.19. The first-order valence-electron chi connectivity index (χ1n) is 8.19. The van der Waals surface area contributed by atoms with Gasteiger partial charge < -0.3 is 9.80 Å². The molecule has 3 rings (SSSR count). The van der Waals surface area contributed by atoms with Crippen molar-refractivity contribution >= 4 is 11.4 Å². The Morgan fingerprint density at radius 1 is 0.545 bits per heavy atom. The highest BCUT2D eigenvalue weighted by atomic mass is 15.3. The number of piperazine rings is 1. The van der Waals surface area contributed by atoms with E-state index in [1.165, 1.54) is 33.6 Å². The van der Waals surface area contributed by atoms with Gasteiger partial charge in [0, 0.05) is 37.6 Å². The summed E-state index contributed by atoms with van der Waals surface area (Å²) in [6.07, 6.45) is 0. The van der Waals surface area contributed by atoms with Crippen molar-refractivity contribution in [1.29, 1.82) is 0 Å². The summed E-state index contributed by atoms with van der Waals surface area (Å²) in [6.45, 7) is 13.1. The molecular weight excluding hydrogens is 268 g/mol. The molecule has 0 unspecified atom stereocenters. The molecular formula is C20H26N2. The Kier molecular flexibility index (Phi) is 4.10. The van der Waals surface area contributed by atoms with Crippen LogP contribution in [0.1, 0.15) is 22.3 Å². The third-order valence-electron chi connectivity index (χ3n) is 4.99. The molecule has 0 saturated carbocycles. The topological polar surface area (TPSA) is 6.48 Å². The maximum atomic E-state index is 2.50. The maximum absolute atomic E-state index is 2.50. The van der Waals surface area contributed by atoms with Gasteiger partial charge in [0.25, 0.3) is 0 Å². The highest BCUT2D eigenvalue weighted by Gasteiger charge is 2.18. The highest BCUT2D eigenvalue weighted by molar-refractivity contribution is 5.55. The molecule has 2 nitrogen and oxygen atoms in total. The molecule has 1 heterocycles. The van der Waals surface area contributed by atoms with Crippen molar-refractivity contribution < 1.29 is 0 Å². The predicted molar refractivity (Wildman–Crippen MR) is 96.3 cm³/mol. The zero-order valence-electron chi connectivity index (χ0n) is 14.2. The molecule has 1 saturated heterocycles. The van der Waals surface area contributed by atoms with E-state index in [4.69, 9.17) is 0 Å². The summed E-state index contributed by atoms with van der Waals surface area (Å²) in [5.41, 5.74) is 8.24. The van der Waals surface area contributed by atoms with Gasteiger partial charge in [0.15, 0.2) is 0 Å². The quantitative estimate of drug-likeness (QED) is 0.817. The lowest BCUT2D eigenvalue weighted by atomic mass is 10.1. The fourth-order valence-corrected chi connectivity index (χ4v) is 3.07. The Hall–Kier alpha value is -1.96. The lowest BCUT2D eigenvalue weighted by molar-refractivity contribution is 0.653. The summed E-state index contributed by atoms with van der Waals surface area (Å²) in [4.78, 5) is 5.01. The van der Waals surface area contributed by atoms with E-state index in [-0.39, 0.29) is 0 Å². The fourth-order valence-electron chi connectivity index (χ4n) is 3.07. The summed E-state index contributed by atoms with van der Waals surface area (Å²) >= 11 is 0. The Morgan fingerprint density at radius 3 is 1.23 bits per heavy atom. The largest absolute Gasteiger partial charge is 0.368 e. The van der Waals surface area contributed by atoms with Gasteiger partial charge in [0.1, 0.15) is 0 Å². The van der Waals surface area contributed by atoms with E-state index in [9.17, 15) is 0 Å². The van der Waals surface area contributed by atoms with Crippen molar-refractivity contribution in [3.8, 4) is 0 Å². The molecule has 0 atom stereocenters. The molecule has 2 aromatic carbocycles. The lowest BCUT2D eigenvalue weighted by Crippen LogP contribution is -2.46. The summed E-state index contributed by atoms with van der Waals surface area (Å²) in [5.74, 6) is 0. The molecule has 22 heavy (non-hydrogen) atoms. The van der Waals surface area contributed by atoms with Gasteiger partial charge in [0.2, 0.25) is 0 Å². The number of hydrogen-bond donors (Lipinski definition) is 0. The fraction of sp³-hybridized carbons (Fsp3) is 0.400. The van der Waals surface area contributed by atoms with Crippen molar-refractivity contribution in [2.45, 2.75) is 27.7 Å². The van der Waals surface area contributed by atoms with Gasteiger partial charge in [-0.3, -0.25) is 0 Å². The molecule has 1 fully saturated rings. The second-order valence-corrected chi connectivity index (χ2v) is 6.51. The molecule has 0 aliphatic carbocycles. The number of nitrogens with zero attached hydrogens (tertiary/aromatic N) is 2. The third kappa shape index (κ3) is 2.96. The van der Waals surface area contributed by atoms with Crippen LogP contribution in [0.3, 0.4) is 0 Å². The Morgan fingerprint density at radius 2 is 0.909 bits per heavy atom. The summed E-state index contributed by atoms with van der Waals surface area (Å²) < 4.78 is 0. The number of hydrogen-bond acceptors (Lipinski definition) is 2. The average Bonchev–Trinajstić information content (AvgIpc) is 2.53. The van der Waals surface area contributed by atoms with Crippen LogP contribution in [0.4, 0.5) is 11.4 Å². The zero-order valence-corrected chi connectivity index (χ0v) is 14.2. The van der Waals surface area contributed by atoms with Crippen LogP contribution in [-0.2, 0) is 0 Å². The Bertz CT molecular complexity index is 608. The van der Waals surface area contributed by atoms with Crippen molar-refractivity contribution in [2.24, 2.45) is 0 Å². The number of benzene rings is 2. The van der Waals surface area contributed by atoms with Crippen LogP contribution in [0.25, 0.3) is 0 Å². The van der Waals surface area contributed by atoms with Crippen LogP contribution >= 0.6 is 0 Å². The SMILES string of the molecule is Cc1ccc(N2CCN(c3ccc(C)c(C)c3)CC2)cc1C. The van der Waals surface area contributed by atoms with Gasteiger partial charge in [-0.15, -0.1) is 0 Å². The van der Waals surface area contributed by atoms with E-state index < -0.39 is 0 Å². The van der Waals surface area contributed by atoms with Crippen LogP contribution in [0.5, 0.6) is 0 Å². The Balaban J connectivity index is 1.69. The zero-order chi connectivity index (χ0) is 15.7. The molecule has 116 valence electrons. The van der Waals surface area contributed by atoms with Gasteiger partial charge in [-0.2, -0.15) is 0 Å². The maximum Gasteiger partial charge on any atom is 0.0370 e. The molecule has 0 bridgehead atoms. The number of aryl methyl sites for hydroxylation is 4. The third-order valence-corrected chi connectivity index (χ3v) is 4.99. The minimum absolute atomic E-state index is 1.09. The Labute approximate surface area is 134 Å². The van der Waals surface area contributed by atoms with Crippen molar-refractivity contribution in [3.05, 3.63) is 58.7 Å². The van der Waals surface area contributed by atoms with Gasteiger partial charge in [-0.1, -0.05) is 12.1 Å². The van der Waals surface area contributed by atoms with Gasteiger partial charge in [0.05, 0.1) is 0 Å². The van der Waals surface area contributed by atoms with Crippen LogP contribution < -0.4 is 9.80 Å². The summed E-state index contributed by atoms with van der Waals surface area (Å²) in [6, 6.07) is 13.6. The van der Waals surface area contributed by atoms with Crippen molar-refractivity contribution in [3.63, 3.8) is 0 Å². The summed E-state index contributed by atoms with van der Waals surface area (Å²) in [7, 11) is 0. The molecule has 0 N–H and O–H groups in total. The molecule has 2 aromatic rings. The molecule has 2 heteroatoms. The predicted octanol–water partition coefficient (Wildman–Crippen LogP) is 4.25. The van der Waals surface area contributed by atoms with E-state index in [1.807, 2.05) is 0 Å². The van der Waals surface area contributed by atoms with E-state index in [1.54, 1.807) is 0 Å². The van der Waals surface area contributed by atoms with Crippen LogP contribution in [0.2, 0.25) is 0 Å². The number of anilines is 2. The van der Waals surface area contributed by atoms with E-state index in [0.717, 1.165) is 26.2 Å².